The van der Waals surface area contributed by atoms with Gasteiger partial charge in [0.1, 0.15) is 0 Å². The van der Waals surface area contributed by atoms with Crippen LogP contribution in [0.2, 0.25) is 0 Å². The lowest BCUT2D eigenvalue weighted by Gasteiger charge is -2.22. The lowest BCUT2D eigenvalue weighted by Crippen LogP contribution is -2.41. The third-order valence-electron chi connectivity index (χ3n) is 5.89. The highest BCUT2D eigenvalue weighted by Crippen LogP contribution is 2.27. The minimum absolute atomic E-state index is 0.169. The molecule has 0 heterocycles. The van der Waals surface area contributed by atoms with Gasteiger partial charge in [-0.25, -0.2) is 0 Å². The van der Waals surface area contributed by atoms with Crippen molar-refractivity contribution in [1.29, 1.82) is 0 Å². The van der Waals surface area contributed by atoms with E-state index in [1.807, 2.05) is 0 Å². The fourth-order valence-corrected chi connectivity index (χ4v) is 4.12. The smallest absolute Gasteiger partial charge is 0.265 e. The highest BCUT2D eigenvalue weighted by atomic mass is 35.5. The van der Waals surface area contributed by atoms with E-state index in [4.69, 9.17) is 11.6 Å². The van der Waals surface area contributed by atoms with Gasteiger partial charge in [0.25, 0.3) is 5.24 Å². The number of unbranched alkanes of at least 4 members (excludes halogenated alkanes) is 14. The van der Waals surface area contributed by atoms with Crippen molar-refractivity contribution in [3.63, 3.8) is 0 Å². The summed E-state index contributed by atoms with van der Waals surface area (Å²) in [6.45, 7) is 2.26. The van der Waals surface area contributed by atoms with Crippen LogP contribution in [0.3, 0.4) is 0 Å². The maximum absolute atomic E-state index is 12.5. The van der Waals surface area contributed by atoms with Crippen molar-refractivity contribution in [3.05, 3.63) is 35.9 Å². The number of rotatable bonds is 19. The molecule has 1 aromatic rings. The van der Waals surface area contributed by atoms with E-state index in [1.165, 1.54) is 77.0 Å². The van der Waals surface area contributed by atoms with Crippen LogP contribution in [0.1, 0.15) is 115 Å². The summed E-state index contributed by atoms with van der Waals surface area (Å²) in [4.78, 5) is 24.2. The van der Waals surface area contributed by atoms with E-state index in [0.717, 1.165) is 12.8 Å². The first-order chi connectivity index (χ1) is 14.5. The summed E-state index contributed by atoms with van der Waals surface area (Å²) in [5.74, 6) is -0.511. The average molecular weight is 437 g/mol. The van der Waals surface area contributed by atoms with Crippen LogP contribution in [0, 0.1) is 0 Å². The number of ketones is 1. The molecule has 0 aliphatic rings. The Kier molecular flexibility index (Phi) is 14.8. The first kappa shape index (κ1) is 26.8. The Hall–Kier alpha value is -1.19. The van der Waals surface area contributed by atoms with Gasteiger partial charge in [-0.1, -0.05) is 127 Å². The molecule has 1 unspecified atom stereocenters. The van der Waals surface area contributed by atoms with Crippen molar-refractivity contribution in [1.82, 2.24) is 0 Å². The number of Topliss-reactive ketones (excluding diaryl/α,β-unsaturated/α-hetero) is 1. The van der Waals surface area contributed by atoms with Crippen LogP contribution in [0.25, 0.3) is 0 Å². The summed E-state index contributed by atoms with van der Waals surface area (Å²) in [6, 6.07) is 8.25. The third kappa shape index (κ3) is 10.2. The van der Waals surface area contributed by atoms with Gasteiger partial charge < -0.3 is 5.11 Å². The van der Waals surface area contributed by atoms with Gasteiger partial charge in [0, 0.05) is 6.42 Å². The molecule has 0 spiro atoms. The second-order valence-electron chi connectivity index (χ2n) is 8.47. The Morgan fingerprint density at radius 3 is 1.53 bits per heavy atom. The number of halogens is 1. The molecule has 0 bridgehead atoms. The van der Waals surface area contributed by atoms with E-state index in [1.54, 1.807) is 30.3 Å². The summed E-state index contributed by atoms with van der Waals surface area (Å²) < 4.78 is 0. The van der Waals surface area contributed by atoms with Crippen LogP contribution >= 0.6 is 11.6 Å². The standard InChI is InChI=1S/C26H41ClO3/c1-2-3-4-5-6-7-8-9-10-11-12-13-14-15-19-22-24(28)26(30,25(27)29)23-20-17-16-18-21-23/h16-18,20-21,30H,2-15,19,22H2,1H3. The van der Waals surface area contributed by atoms with Gasteiger partial charge in [-0.05, 0) is 23.6 Å². The maximum atomic E-state index is 12.5. The summed E-state index contributed by atoms with van der Waals surface area (Å²) in [5, 5.41) is 9.58. The lowest BCUT2D eigenvalue weighted by molar-refractivity contribution is -0.147. The van der Waals surface area contributed by atoms with Crippen LogP contribution in [0.15, 0.2) is 30.3 Å². The zero-order chi connectivity index (χ0) is 22.1. The molecule has 0 aliphatic carbocycles. The van der Waals surface area contributed by atoms with E-state index < -0.39 is 16.6 Å². The van der Waals surface area contributed by atoms with E-state index in [9.17, 15) is 14.7 Å². The molecule has 1 atom stereocenters. The molecule has 0 amide bonds. The van der Waals surface area contributed by atoms with Crippen molar-refractivity contribution < 1.29 is 14.7 Å². The predicted molar refractivity (Wildman–Crippen MR) is 126 cm³/mol. The SMILES string of the molecule is CCCCCCCCCCCCCCCCCC(=O)C(O)(C(=O)Cl)c1ccccc1. The molecule has 0 saturated carbocycles. The van der Waals surface area contributed by atoms with Crippen LogP contribution < -0.4 is 0 Å². The van der Waals surface area contributed by atoms with Crippen LogP contribution in [-0.4, -0.2) is 16.1 Å². The van der Waals surface area contributed by atoms with Gasteiger partial charge in [0.2, 0.25) is 5.60 Å². The molecule has 0 saturated heterocycles. The molecule has 0 fully saturated rings. The highest BCUT2D eigenvalue weighted by Gasteiger charge is 2.43. The summed E-state index contributed by atoms with van der Waals surface area (Å²) in [6.07, 6.45) is 18.9. The van der Waals surface area contributed by atoms with Crippen molar-refractivity contribution in [2.24, 2.45) is 0 Å². The molecule has 0 aromatic heterocycles. The molecule has 170 valence electrons. The van der Waals surface area contributed by atoms with Crippen molar-refractivity contribution in [2.45, 2.75) is 115 Å². The normalized spacial score (nSPS) is 13.2. The maximum Gasteiger partial charge on any atom is 0.265 e. The molecule has 4 heteroatoms. The quantitative estimate of drug-likeness (QED) is 0.139. The molecular formula is C26H41ClO3. The number of carbonyl (C=O) groups is 2. The van der Waals surface area contributed by atoms with Gasteiger partial charge >= 0.3 is 0 Å². The number of aliphatic hydroxyl groups is 1. The topological polar surface area (TPSA) is 54.4 Å². The van der Waals surface area contributed by atoms with Crippen LogP contribution in [-0.2, 0) is 15.2 Å². The predicted octanol–water partition coefficient (Wildman–Crippen LogP) is 7.47. The second kappa shape index (κ2) is 16.5. The Morgan fingerprint density at radius 1 is 0.733 bits per heavy atom. The summed E-state index contributed by atoms with van der Waals surface area (Å²) >= 11 is 5.58. The van der Waals surface area contributed by atoms with E-state index in [0.29, 0.717) is 6.42 Å². The Labute approximate surface area is 188 Å². The monoisotopic (exact) mass is 436 g/mol. The van der Waals surface area contributed by atoms with Gasteiger partial charge in [0.05, 0.1) is 0 Å². The van der Waals surface area contributed by atoms with Gasteiger partial charge in [-0.15, -0.1) is 0 Å². The number of hydrogen-bond donors (Lipinski definition) is 1. The summed E-state index contributed by atoms with van der Waals surface area (Å²) in [5.41, 5.74) is -1.98. The van der Waals surface area contributed by atoms with Crippen molar-refractivity contribution in [2.75, 3.05) is 0 Å². The Morgan fingerprint density at radius 2 is 1.13 bits per heavy atom. The second-order valence-corrected chi connectivity index (χ2v) is 8.82. The third-order valence-corrected chi connectivity index (χ3v) is 6.16. The fraction of sp³-hybridized carbons (Fsp3) is 0.692. The molecule has 1 rings (SSSR count). The van der Waals surface area contributed by atoms with E-state index in [-0.39, 0.29) is 12.0 Å². The van der Waals surface area contributed by atoms with Gasteiger partial charge in [0.15, 0.2) is 5.78 Å². The van der Waals surface area contributed by atoms with E-state index in [2.05, 4.69) is 6.92 Å². The first-order valence-electron chi connectivity index (χ1n) is 12.0. The minimum Gasteiger partial charge on any atom is -0.370 e. The Balaban J connectivity index is 2.06. The molecule has 0 aliphatic heterocycles. The lowest BCUT2D eigenvalue weighted by atomic mass is 9.88. The van der Waals surface area contributed by atoms with Gasteiger partial charge in [-0.3, -0.25) is 9.59 Å². The highest BCUT2D eigenvalue weighted by molar-refractivity contribution is 6.67. The molecule has 30 heavy (non-hydrogen) atoms. The zero-order valence-corrected chi connectivity index (χ0v) is 19.6. The summed E-state index contributed by atoms with van der Waals surface area (Å²) in [7, 11) is 0. The largest absolute Gasteiger partial charge is 0.370 e. The fourth-order valence-electron chi connectivity index (χ4n) is 3.90. The van der Waals surface area contributed by atoms with E-state index >= 15 is 0 Å². The number of benzene rings is 1. The molecule has 0 radical (unpaired) electrons. The first-order valence-corrected chi connectivity index (χ1v) is 12.4. The van der Waals surface area contributed by atoms with Gasteiger partial charge in [-0.2, -0.15) is 0 Å². The van der Waals surface area contributed by atoms with Crippen molar-refractivity contribution in [3.8, 4) is 0 Å². The molecule has 1 aromatic carbocycles. The minimum atomic E-state index is -2.22. The van der Waals surface area contributed by atoms with Crippen molar-refractivity contribution >= 4 is 22.6 Å². The molecule has 1 N–H and O–H groups in total. The Bertz CT molecular complexity index is 587. The molecular weight excluding hydrogens is 396 g/mol. The average Bonchev–Trinajstić information content (AvgIpc) is 2.76. The zero-order valence-electron chi connectivity index (χ0n) is 18.8. The number of carbonyl (C=O) groups excluding carboxylic acids is 2. The number of hydrogen-bond acceptors (Lipinski definition) is 3. The van der Waals surface area contributed by atoms with Crippen LogP contribution in [0.4, 0.5) is 0 Å². The van der Waals surface area contributed by atoms with Crippen LogP contribution in [0.5, 0.6) is 0 Å². The molecule has 3 nitrogen and oxygen atoms in total.